The van der Waals surface area contributed by atoms with E-state index in [1.54, 1.807) is 11.0 Å². The molecule has 0 fully saturated rings. The number of rotatable bonds is 3. The molecule has 5 aromatic rings. The molecule has 0 spiro atoms. The smallest absolute Gasteiger partial charge is 0.279 e. The Balaban J connectivity index is 1.55. The second kappa shape index (κ2) is 7.41. The first kappa shape index (κ1) is 19.4. The Kier molecular flexibility index (Phi) is 4.37. The van der Waals surface area contributed by atoms with Crippen LogP contribution in [-0.4, -0.2) is 25.2 Å². The van der Waals surface area contributed by atoms with Crippen LogP contribution in [-0.2, 0) is 13.5 Å². The van der Waals surface area contributed by atoms with Crippen LogP contribution in [0.15, 0.2) is 90.8 Å². The normalized spacial score (nSPS) is 13.6. The monoisotopic (exact) mass is 430 g/mol. The van der Waals surface area contributed by atoms with Crippen LogP contribution in [0.25, 0.3) is 39.0 Å². The summed E-state index contributed by atoms with van der Waals surface area (Å²) in [4.78, 5) is 18.2. The molecule has 2 aromatic heterocycles. The van der Waals surface area contributed by atoms with Crippen molar-refractivity contribution < 1.29 is 4.79 Å². The van der Waals surface area contributed by atoms with Crippen LogP contribution in [0.2, 0.25) is 0 Å². The molecule has 3 heterocycles. The summed E-state index contributed by atoms with van der Waals surface area (Å²) >= 11 is 0. The highest BCUT2D eigenvalue weighted by atomic mass is 16.2. The van der Waals surface area contributed by atoms with Gasteiger partial charge >= 0.3 is 0 Å². The van der Waals surface area contributed by atoms with E-state index in [0.717, 1.165) is 50.2 Å². The zero-order chi connectivity index (χ0) is 22.5. The Labute approximate surface area is 191 Å². The molecular weight excluding hydrogens is 408 g/mol. The Bertz CT molecular complexity index is 1560. The molecular formula is C28H22N4O. The molecule has 0 saturated carbocycles. The van der Waals surface area contributed by atoms with Crippen molar-refractivity contribution in [3.05, 3.63) is 102 Å². The summed E-state index contributed by atoms with van der Waals surface area (Å²) < 4.78 is 3.59. The number of allylic oxidation sites excluding steroid dienone is 2. The summed E-state index contributed by atoms with van der Waals surface area (Å²) in [5, 5.41) is 4.87. The second-order valence-corrected chi connectivity index (χ2v) is 8.51. The summed E-state index contributed by atoms with van der Waals surface area (Å²) in [5.41, 5.74) is 9.45. The van der Waals surface area contributed by atoms with Gasteiger partial charge in [0.15, 0.2) is 0 Å². The van der Waals surface area contributed by atoms with Crippen LogP contribution in [0.3, 0.4) is 0 Å². The fraction of sp³-hybridized carbons (Fsp3) is 0.107. The molecule has 0 amide bonds. The summed E-state index contributed by atoms with van der Waals surface area (Å²) in [7, 11) is 1.97. The molecule has 0 aliphatic carbocycles. The maximum atomic E-state index is 13.8. The Morgan fingerprint density at radius 1 is 0.848 bits per heavy atom. The zero-order valence-corrected chi connectivity index (χ0v) is 18.5. The van der Waals surface area contributed by atoms with Crippen molar-refractivity contribution >= 4 is 22.5 Å². The number of carbonyl (C=O) groups is 1. The van der Waals surface area contributed by atoms with Crippen LogP contribution in [0, 0.1) is 0 Å². The van der Waals surface area contributed by atoms with Gasteiger partial charge in [0, 0.05) is 30.2 Å². The summed E-state index contributed by atoms with van der Waals surface area (Å²) in [6, 6.07) is 26.3. The summed E-state index contributed by atoms with van der Waals surface area (Å²) in [5.74, 6) is -0.0883. The van der Waals surface area contributed by atoms with Crippen LogP contribution in [0.1, 0.15) is 23.0 Å². The van der Waals surface area contributed by atoms with Gasteiger partial charge < -0.3 is 4.57 Å². The summed E-state index contributed by atoms with van der Waals surface area (Å²) in [6.45, 7) is 2.05. The minimum atomic E-state index is -0.0883. The van der Waals surface area contributed by atoms with Crippen LogP contribution >= 0.6 is 0 Å². The lowest BCUT2D eigenvalue weighted by molar-refractivity contribution is 0.0958. The molecule has 1 aliphatic heterocycles. The molecule has 5 nitrogen and oxygen atoms in total. The first-order valence-corrected chi connectivity index (χ1v) is 11.0. The first-order chi connectivity index (χ1) is 16.1. The van der Waals surface area contributed by atoms with Gasteiger partial charge in [-0.05, 0) is 30.2 Å². The molecule has 0 bridgehead atoms. The number of aromatic nitrogens is 4. The van der Waals surface area contributed by atoms with Gasteiger partial charge in [0.25, 0.3) is 5.91 Å². The van der Waals surface area contributed by atoms with E-state index in [1.165, 1.54) is 0 Å². The van der Waals surface area contributed by atoms with Gasteiger partial charge in [-0.15, -0.1) is 0 Å². The van der Waals surface area contributed by atoms with E-state index in [0.29, 0.717) is 12.0 Å². The fourth-order valence-electron chi connectivity index (χ4n) is 4.77. The molecule has 160 valence electrons. The van der Waals surface area contributed by atoms with Crippen molar-refractivity contribution in [2.45, 2.75) is 13.3 Å². The van der Waals surface area contributed by atoms with E-state index < -0.39 is 0 Å². The van der Waals surface area contributed by atoms with E-state index in [4.69, 9.17) is 5.10 Å². The molecule has 0 N–H and O–H groups in total. The third kappa shape index (κ3) is 3.04. The molecule has 1 aliphatic rings. The number of nitrogens with zero attached hydrogens (tertiary/aromatic N) is 4. The molecule has 6 rings (SSSR count). The van der Waals surface area contributed by atoms with E-state index in [2.05, 4.69) is 17.1 Å². The number of fused-ring (bicyclic) bond motifs is 2. The Morgan fingerprint density at radius 3 is 2.27 bits per heavy atom. The molecule has 3 aromatic carbocycles. The minimum Gasteiger partial charge on any atom is -0.334 e. The highest BCUT2D eigenvalue weighted by molar-refractivity contribution is 6.23. The maximum Gasteiger partial charge on any atom is 0.279 e. The van der Waals surface area contributed by atoms with Crippen molar-refractivity contribution in [1.82, 2.24) is 19.3 Å². The lowest BCUT2D eigenvalue weighted by Gasteiger charge is -2.20. The lowest BCUT2D eigenvalue weighted by Crippen LogP contribution is -2.23. The van der Waals surface area contributed by atoms with Crippen LogP contribution < -0.4 is 0 Å². The molecule has 0 radical (unpaired) electrons. The van der Waals surface area contributed by atoms with Gasteiger partial charge in [0.05, 0.1) is 23.1 Å². The van der Waals surface area contributed by atoms with E-state index in [9.17, 15) is 4.79 Å². The van der Waals surface area contributed by atoms with Gasteiger partial charge in [-0.25, -0.2) is 4.98 Å². The number of imidazole rings is 1. The van der Waals surface area contributed by atoms with E-state index in [-0.39, 0.29) is 5.91 Å². The maximum absolute atomic E-state index is 13.8. The van der Waals surface area contributed by atoms with Crippen molar-refractivity contribution in [3.63, 3.8) is 0 Å². The summed E-state index contributed by atoms with van der Waals surface area (Å²) in [6.07, 6.45) is 2.46. The SMILES string of the molecule is CC1=C(c2ccc3ncn(C)c3c2)C(=O)n2nc(-c3ccccc3)c(-c3ccccc3)c2C1. The average molecular weight is 431 g/mol. The van der Waals surface area contributed by atoms with Crippen LogP contribution in [0.4, 0.5) is 0 Å². The topological polar surface area (TPSA) is 52.7 Å². The molecule has 0 unspecified atom stereocenters. The third-order valence-corrected chi connectivity index (χ3v) is 6.37. The van der Waals surface area contributed by atoms with Crippen LogP contribution in [0.5, 0.6) is 0 Å². The first-order valence-electron chi connectivity index (χ1n) is 11.0. The highest BCUT2D eigenvalue weighted by Crippen LogP contribution is 2.39. The van der Waals surface area contributed by atoms with Gasteiger partial charge in [0.2, 0.25) is 0 Å². The second-order valence-electron chi connectivity index (χ2n) is 8.51. The van der Waals surface area contributed by atoms with Crippen molar-refractivity contribution in [2.75, 3.05) is 0 Å². The number of hydrogen-bond acceptors (Lipinski definition) is 3. The van der Waals surface area contributed by atoms with E-state index >= 15 is 0 Å². The zero-order valence-electron chi connectivity index (χ0n) is 18.5. The van der Waals surface area contributed by atoms with Gasteiger partial charge in [0.1, 0.15) is 5.69 Å². The molecule has 0 atom stereocenters. The number of hydrogen-bond donors (Lipinski definition) is 0. The average Bonchev–Trinajstić information content (AvgIpc) is 3.41. The third-order valence-electron chi connectivity index (χ3n) is 6.37. The van der Waals surface area contributed by atoms with Crippen molar-refractivity contribution in [1.29, 1.82) is 0 Å². The quantitative estimate of drug-likeness (QED) is 0.365. The standard InChI is InChI=1S/C28H22N4O/c1-18-15-24-26(19-9-5-3-6-10-19)27(20-11-7-4-8-12-20)30-32(24)28(33)25(18)21-13-14-22-23(16-21)31(2)17-29-22/h3-14,16-17H,15H2,1-2H3. The number of benzene rings is 3. The fourth-order valence-corrected chi connectivity index (χ4v) is 4.77. The van der Waals surface area contributed by atoms with E-state index in [1.807, 2.05) is 85.3 Å². The molecule has 0 saturated heterocycles. The Morgan fingerprint density at radius 2 is 1.55 bits per heavy atom. The van der Waals surface area contributed by atoms with Crippen molar-refractivity contribution in [3.8, 4) is 22.4 Å². The lowest BCUT2D eigenvalue weighted by atomic mass is 9.90. The number of carbonyl (C=O) groups excluding carboxylic acids is 1. The number of aryl methyl sites for hydroxylation is 1. The largest absolute Gasteiger partial charge is 0.334 e. The molecule has 5 heteroatoms. The predicted molar refractivity (Wildman–Crippen MR) is 131 cm³/mol. The highest BCUT2D eigenvalue weighted by Gasteiger charge is 2.31. The van der Waals surface area contributed by atoms with Gasteiger partial charge in [-0.1, -0.05) is 72.3 Å². The molecule has 33 heavy (non-hydrogen) atoms. The predicted octanol–water partition coefficient (Wildman–Crippen LogP) is 5.77. The Hall–Kier alpha value is -4.25. The van der Waals surface area contributed by atoms with Crippen molar-refractivity contribution in [2.24, 2.45) is 7.05 Å². The van der Waals surface area contributed by atoms with Gasteiger partial charge in [-0.2, -0.15) is 9.78 Å². The van der Waals surface area contributed by atoms with Gasteiger partial charge in [-0.3, -0.25) is 4.79 Å². The minimum absolute atomic E-state index is 0.0883.